The largest absolute Gasteiger partial charge is 0.391 e. The maximum atomic E-state index is 15.4. The molecule has 0 atom stereocenters. The van der Waals surface area contributed by atoms with E-state index in [1.807, 2.05) is 0 Å². The van der Waals surface area contributed by atoms with E-state index in [1.165, 1.54) is 0 Å². The van der Waals surface area contributed by atoms with Crippen LogP contribution < -0.4 is 22.0 Å². The molecular weight excluding hydrogens is 586 g/mol. The lowest BCUT2D eigenvalue weighted by molar-refractivity contribution is 0.380. The summed E-state index contributed by atoms with van der Waals surface area (Å²) in [7, 11) is 0.732. The molecule has 0 N–H and O–H groups in total. The fourth-order valence-corrected chi connectivity index (χ4v) is 4.81. The summed E-state index contributed by atoms with van der Waals surface area (Å²) in [5.41, 5.74) is -9.44. The second-order valence-corrected chi connectivity index (χ2v) is 8.36. The molecule has 1 heterocycles. The van der Waals surface area contributed by atoms with Gasteiger partial charge in [-0.05, 0) is 12.3 Å². The number of halogens is 15. The first kappa shape index (κ1) is 29.0. The van der Waals surface area contributed by atoms with Crippen molar-refractivity contribution in [3.05, 3.63) is 106 Å². The van der Waals surface area contributed by atoms with E-state index in [9.17, 15) is 39.5 Å². The lowest BCUT2D eigenvalue weighted by atomic mass is 9.13. The third kappa shape index (κ3) is 3.55. The molecule has 0 saturated heterocycles. The summed E-state index contributed by atoms with van der Waals surface area (Å²) < 4.78 is 221. The van der Waals surface area contributed by atoms with E-state index in [-0.39, 0.29) is 0 Å². The van der Waals surface area contributed by atoms with Crippen LogP contribution >= 0.6 is 0 Å². The first-order valence-electron chi connectivity index (χ1n) is 10.4. The highest BCUT2D eigenvalue weighted by Gasteiger charge is 2.49. The molecule has 0 saturated carbocycles. The molecule has 4 aromatic rings. The molecule has 3 aromatic carbocycles. The molecule has 1 aromatic heterocycles. The Kier molecular flexibility index (Phi) is 6.91. The van der Waals surface area contributed by atoms with Gasteiger partial charge in [0.05, 0.1) is 0 Å². The predicted octanol–water partition coefficient (Wildman–Crippen LogP) is 4.49. The van der Waals surface area contributed by atoms with Crippen LogP contribution in [0.5, 0.6) is 0 Å². The predicted molar refractivity (Wildman–Crippen MR) is 108 cm³/mol. The summed E-state index contributed by atoms with van der Waals surface area (Å²) >= 11 is 0. The Labute approximate surface area is 212 Å². The summed E-state index contributed by atoms with van der Waals surface area (Å²) in [5, 5.41) is 0. The number of nitrogens with zero attached hydrogens (tertiary/aromatic N) is 1. The van der Waals surface area contributed by atoms with E-state index in [0.29, 0.717) is 10.6 Å². The van der Waals surface area contributed by atoms with Crippen molar-refractivity contribution in [1.82, 2.24) is 4.57 Å². The van der Waals surface area contributed by atoms with E-state index in [1.54, 1.807) is 0 Å². The second-order valence-electron chi connectivity index (χ2n) is 8.36. The van der Waals surface area contributed by atoms with Gasteiger partial charge in [0.25, 0.3) is 0 Å². The zero-order valence-electron chi connectivity index (χ0n) is 18.9. The van der Waals surface area contributed by atoms with Crippen LogP contribution in [0.25, 0.3) is 0 Å². The van der Waals surface area contributed by atoms with Gasteiger partial charge < -0.3 is 4.57 Å². The maximum Gasteiger partial charge on any atom is 0.200 e. The van der Waals surface area contributed by atoms with E-state index < -0.39 is 115 Å². The highest BCUT2D eigenvalue weighted by atomic mass is 19.2. The topological polar surface area (TPSA) is 4.93 Å². The van der Waals surface area contributed by atoms with Crippen molar-refractivity contribution < 1.29 is 65.9 Å². The molecule has 40 heavy (non-hydrogen) atoms. The van der Waals surface area contributed by atoms with Gasteiger partial charge in [-0.25, -0.2) is 65.9 Å². The average Bonchev–Trinajstić information content (AvgIpc) is 3.36. The number of aryl methyl sites for hydroxylation is 1. The molecule has 0 fully saturated rings. The lowest BCUT2D eigenvalue weighted by Crippen LogP contribution is -2.80. The zero-order valence-corrected chi connectivity index (χ0v) is 18.9. The van der Waals surface area contributed by atoms with E-state index in [0.717, 1.165) is 19.3 Å². The number of hydrogen-bond acceptors (Lipinski definition) is 0. The fourth-order valence-electron chi connectivity index (χ4n) is 4.81. The Morgan fingerprint density at radius 2 is 0.625 bits per heavy atom. The minimum atomic E-state index is -5.74. The Hall–Kier alpha value is -4.05. The first-order valence-corrected chi connectivity index (χ1v) is 10.4. The average molecular weight is 592 g/mol. The molecule has 0 aliphatic carbocycles. The molecule has 0 radical (unpaired) electrons. The molecular formula is C23H6BF15N-. The van der Waals surface area contributed by atoms with Gasteiger partial charge >= 0.3 is 0 Å². The van der Waals surface area contributed by atoms with Crippen LogP contribution in [0.15, 0.2) is 18.3 Å². The molecule has 0 aliphatic rings. The SMILES string of the molecule is Cn1cccc1[B-](c1c(F)c(F)c(F)c(F)c1F)(c1c(F)c(F)c(F)c(F)c1F)c1c(F)c(F)c(F)c(F)c1F. The number of hydrogen-bond donors (Lipinski definition) is 0. The van der Waals surface area contributed by atoms with Crippen molar-refractivity contribution in [3.8, 4) is 0 Å². The molecule has 17 heteroatoms. The maximum absolute atomic E-state index is 15.4. The quantitative estimate of drug-likeness (QED) is 0.143. The van der Waals surface area contributed by atoms with E-state index in [2.05, 4.69) is 0 Å². The van der Waals surface area contributed by atoms with Crippen molar-refractivity contribution >= 4 is 28.1 Å². The number of aromatic nitrogens is 1. The third-order valence-electron chi connectivity index (χ3n) is 6.46. The van der Waals surface area contributed by atoms with Crippen molar-refractivity contribution in [3.63, 3.8) is 0 Å². The molecule has 0 unspecified atom stereocenters. The van der Waals surface area contributed by atoms with Crippen LogP contribution in [0.4, 0.5) is 65.9 Å². The fraction of sp³-hybridized carbons (Fsp3) is 0.0435. The first-order chi connectivity index (χ1) is 18.5. The molecule has 0 bridgehead atoms. The van der Waals surface area contributed by atoms with Crippen molar-refractivity contribution in [2.45, 2.75) is 0 Å². The second kappa shape index (κ2) is 9.55. The highest BCUT2D eigenvalue weighted by Crippen LogP contribution is 2.28. The molecule has 0 aliphatic heterocycles. The highest BCUT2D eigenvalue weighted by molar-refractivity contribution is 7.19. The summed E-state index contributed by atoms with van der Waals surface area (Å²) in [6.45, 7) is 0. The van der Waals surface area contributed by atoms with Crippen molar-refractivity contribution in [1.29, 1.82) is 0 Å². The van der Waals surface area contributed by atoms with Crippen molar-refractivity contribution in [2.24, 2.45) is 7.05 Å². The number of benzene rings is 3. The molecule has 1 nitrogen and oxygen atoms in total. The summed E-state index contributed by atoms with van der Waals surface area (Å²) in [5.74, 6) is -45.5. The summed E-state index contributed by atoms with van der Waals surface area (Å²) in [6, 6.07) is 1.13. The minimum Gasteiger partial charge on any atom is -0.391 e. The Bertz CT molecular complexity index is 1470. The Morgan fingerprint density at radius 1 is 0.400 bits per heavy atom. The van der Waals surface area contributed by atoms with Crippen molar-refractivity contribution in [2.75, 3.05) is 0 Å². The lowest BCUT2D eigenvalue weighted by Gasteiger charge is -2.44. The molecule has 212 valence electrons. The zero-order chi connectivity index (χ0) is 30.2. The molecule has 0 spiro atoms. The van der Waals surface area contributed by atoms with E-state index in [4.69, 9.17) is 0 Å². The van der Waals surface area contributed by atoms with Gasteiger partial charge in [-0.2, -0.15) is 0 Å². The van der Waals surface area contributed by atoms with Crippen LogP contribution in [-0.2, 0) is 7.05 Å². The smallest absolute Gasteiger partial charge is 0.200 e. The summed E-state index contributed by atoms with van der Waals surface area (Å²) in [4.78, 5) is 0. The standard InChI is InChI=1S/C23H6BF15N/c1-40-4-2-3-5(40)24(6-9(25)15(31)21(37)16(32)10(6)26,7-11(27)17(33)22(38)18(34)12(7)28)8-13(29)19(35)23(39)20(36)14(8)30/h2-4H,1H3/q-1. The van der Waals surface area contributed by atoms with Gasteiger partial charge in [0.2, 0.25) is 0 Å². The van der Waals surface area contributed by atoms with Crippen LogP contribution in [0.3, 0.4) is 0 Å². The Balaban J connectivity index is 2.56. The summed E-state index contributed by atoms with van der Waals surface area (Å²) in [6.07, 6.45) is -5.01. The molecule has 0 amide bonds. The van der Waals surface area contributed by atoms with Gasteiger partial charge in [-0.3, -0.25) is 0 Å². The van der Waals surface area contributed by atoms with Gasteiger partial charge in [0.15, 0.2) is 52.4 Å². The van der Waals surface area contributed by atoms with Gasteiger partial charge in [-0.15, -0.1) is 22.0 Å². The van der Waals surface area contributed by atoms with E-state index >= 15 is 26.3 Å². The third-order valence-corrected chi connectivity index (χ3v) is 6.46. The molecule has 4 rings (SSSR count). The van der Waals surface area contributed by atoms with Crippen LogP contribution in [0.2, 0.25) is 0 Å². The monoisotopic (exact) mass is 592 g/mol. The minimum absolute atomic E-state index is 0.397. The van der Waals surface area contributed by atoms with Gasteiger partial charge in [-0.1, -0.05) is 6.07 Å². The number of rotatable bonds is 4. The van der Waals surface area contributed by atoms with Crippen LogP contribution in [-0.4, -0.2) is 10.7 Å². The van der Waals surface area contributed by atoms with Crippen LogP contribution in [0, 0.1) is 87.3 Å². The van der Waals surface area contributed by atoms with Gasteiger partial charge in [0, 0.05) is 7.05 Å². The van der Waals surface area contributed by atoms with Gasteiger partial charge in [0.1, 0.15) is 41.0 Å². The normalized spacial score (nSPS) is 12.0. The Morgan fingerprint density at radius 3 is 0.825 bits per heavy atom. The van der Waals surface area contributed by atoms with Crippen LogP contribution in [0.1, 0.15) is 0 Å².